The number of carbonyl (C=O) groups excluding carboxylic acids is 2. The molecule has 32 heavy (non-hydrogen) atoms. The van der Waals surface area contributed by atoms with E-state index in [1.54, 1.807) is 55.7 Å². The fourth-order valence-electron chi connectivity index (χ4n) is 2.54. The number of benzene rings is 2. The molecule has 2 N–H and O–H groups in total. The summed E-state index contributed by atoms with van der Waals surface area (Å²) in [5.74, 6) is -0.0933. The van der Waals surface area contributed by atoms with E-state index in [0.29, 0.717) is 22.6 Å². The van der Waals surface area contributed by atoms with Gasteiger partial charge in [-0.2, -0.15) is 0 Å². The molecule has 0 heterocycles. The van der Waals surface area contributed by atoms with Crippen molar-refractivity contribution in [2.75, 3.05) is 27.4 Å². The van der Waals surface area contributed by atoms with E-state index in [-0.39, 0.29) is 19.8 Å². The van der Waals surface area contributed by atoms with Gasteiger partial charge in [-0.15, -0.1) is 0 Å². The summed E-state index contributed by atoms with van der Waals surface area (Å²) in [4.78, 5) is 23.6. The third-order valence-corrected chi connectivity index (χ3v) is 4.26. The average Bonchev–Trinajstić information content (AvgIpc) is 2.83. The SMILES string of the molecule is COc1ccc(/C=C/C(=O)OCC(O)COC(=O)/C=C/c2ccc(CO)c(OC)c2)cc1. The largest absolute Gasteiger partial charge is 0.497 e. The minimum atomic E-state index is -1.16. The van der Waals surface area contributed by atoms with Gasteiger partial charge in [0, 0.05) is 17.7 Å². The van der Waals surface area contributed by atoms with Gasteiger partial charge in [0.05, 0.1) is 20.8 Å². The molecule has 0 fully saturated rings. The molecule has 0 radical (unpaired) electrons. The maximum absolute atomic E-state index is 11.8. The van der Waals surface area contributed by atoms with Crippen molar-refractivity contribution in [1.29, 1.82) is 0 Å². The van der Waals surface area contributed by atoms with E-state index in [2.05, 4.69) is 0 Å². The molecule has 8 heteroatoms. The molecule has 0 amide bonds. The van der Waals surface area contributed by atoms with E-state index in [9.17, 15) is 19.8 Å². The summed E-state index contributed by atoms with van der Waals surface area (Å²) in [5, 5.41) is 19.1. The summed E-state index contributed by atoms with van der Waals surface area (Å²) >= 11 is 0. The molecule has 0 saturated carbocycles. The number of methoxy groups -OCH3 is 2. The first-order chi connectivity index (χ1) is 15.4. The molecule has 2 aromatic carbocycles. The molecule has 0 saturated heterocycles. The monoisotopic (exact) mass is 442 g/mol. The van der Waals surface area contributed by atoms with Gasteiger partial charge in [0.15, 0.2) is 0 Å². The van der Waals surface area contributed by atoms with Crippen LogP contribution in [-0.2, 0) is 25.7 Å². The van der Waals surface area contributed by atoms with Crippen LogP contribution >= 0.6 is 0 Å². The van der Waals surface area contributed by atoms with Crippen LogP contribution in [0.1, 0.15) is 16.7 Å². The molecule has 170 valence electrons. The van der Waals surface area contributed by atoms with Crippen molar-refractivity contribution in [2.24, 2.45) is 0 Å². The second-order valence-electron chi connectivity index (χ2n) is 6.58. The highest BCUT2D eigenvalue weighted by molar-refractivity contribution is 5.87. The maximum atomic E-state index is 11.8. The smallest absolute Gasteiger partial charge is 0.330 e. The number of esters is 2. The van der Waals surface area contributed by atoms with E-state index in [1.807, 2.05) is 0 Å². The lowest BCUT2D eigenvalue weighted by Crippen LogP contribution is -2.24. The van der Waals surface area contributed by atoms with E-state index >= 15 is 0 Å². The molecule has 8 nitrogen and oxygen atoms in total. The van der Waals surface area contributed by atoms with Gasteiger partial charge in [-0.3, -0.25) is 0 Å². The zero-order chi connectivity index (χ0) is 23.3. The number of ether oxygens (including phenoxy) is 4. The summed E-state index contributed by atoms with van der Waals surface area (Å²) in [6.07, 6.45) is 4.36. The van der Waals surface area contributed by atoms with E-state index in [1.165, 1.54) is 25.3 Å². The normalized spacial score (nSPS) is 12.0. The van der Waals surface area contributed by atoms with Gasteiger partial charge < -0.3 is 29.2 Å². The number of hydrogen-bond donors (Lipinski definition) is 2. The Hall–Kier alpha value is -3.62. The van der Waals surface area contributed by atoms with Crippen LogP contribution in [0.5, 0.6) is 11.5 Å². The van der Waals surface area contributed by atoms with Crippen molar-refractivity contribution >= 4 is 24.1 Å². The Labute approximate surface area is 186 Å². The molecule has 0 spiro atoms. The Morgan fingerprint density at radius 1 is 0.875 bits per heavy atom. The van der Waals surface area contributed by atoms with Crippen LogP contribution < -0.4 is 9.47 Å². The second-order valence-corrected chi connectivity index (χ2v) is 6.58. The number of aliphatic hydroxyl groups is 2. The molecule has 0 aliphatic heterocycles. The fraction of sp³-hybridized carbons (Fsp3) is 0.250. The van der Waals surface area contributed by atoms with Crippen LogP contribution in [0.25, 0.3) is 12.2 Å². The highest BCUT2D eigenvalue weighted by Crippen LogP contribution is 2.21. The fourth-order valence-corrected chi connectivity index (χ4v) is 2.54. The number of rotatable bonds is 11. The summed E-state index contributed by atoms with van der Waals surface area (Å²) in [6.45, 7) is -0.803. The minimum absolute atomic E-state index is 0.158. The summed E-state index contributed by atoms with van der Waals surface area (Å²) < 4.78 is 20.1. The van der Waals surface area contributed by atoms with Crippen LogP contribution in [0, 0.1) is 0 Å². The molecule has 1 atom stereocenters. The van der Waals surface area contributed by atoms with Crippen molar-refractivity contribution < 1.29 is 38.7 Å². The predicted molar refractivity (Wildman–Crippen MR) is 118 cm³/mol. The van der Waals surface area contributed by atoms with E-state index < -0.39 is 18.0 Å². The first kappa shape index (κ1) is 24.6. The van der Waals surface area contributed by atoms with Gasteiger partial charge in [-0.1, -0.05) is 24.3 Å². The third-order valence-electron chi connectivity index (χ3n) is 4.26. The Balaban J connectivity index is 1.73. The molecular weight excluding hydrogens is 416 g/mol. The topological polar surface area (TPSA) is 112 Å². The van der Waals surface area contributed by atoms with Gasteiger partial charge in [0.25, 0.3) is 0 Å². The Morgan fingerprint density at radius 3 is 1.97 bits per heavy atom. The van der Waals surface area contributed by atoms with Crippen molar-refractivity contribution in [2.45, 2.75) is 12.7 Å². The van der Waals surface area contributed by atoms with Crippen molar-refractivity contribution in [3.8, 4) is 11.5 Å². The van der Waals surface area contributed by atoms with Crippen LogP contribution in [-0.4, -0.2) is 55.7 Å². The molecule has 2 rings (SSSR count). The first-order valence-electron chi connectivity index (χ1n) is 9.74. The highest BCUT2D eigenvalue weighted by Gasteiger charge is 2.10. The van der Waals surface area contributed by atoms with Crippen LogP contribution in [0.4, 0.5) is 0 Å². The summed E-state index contributed by atoms with van der Waals surface area (Å²) in [6, 6.07) is 12.2. The van der Waals surface area contributed by atoms with Gasteiger partial charge in [0.2, 0.25) is 0 Å². The molecular formula is C24H26O8. The third kappa shape index (κ3) is 8.25. The van der Waals surface area contributed by atoms with E-state index in [4.69, 9.17) is 18.9 Å². The molecule has 2 aromatic rings. The van der Waals surface area contributed by atoms with Crippen LogP contribution in [0.15, 0.2) is 54.6 Å². The molecule has 0 aliphatic rings. The van der Waals surface area contributed by atoms with Crippen molar-refractivity contribution in [1.82, 2.24) is 0 Å². The Bertz CT molecular complexity index is 947. The quantitative estimate of drug-likeness (QED) is 0.403. The molecule has 1 unspecified atom stereocenters. The Morgan fingerprint density at radius 2 is 1.44 bits per heavy atom. The highest BCUT2D eigenvalue weighted by atomic mass is 16.6. The lowest BCUT2D eigenvalue weighted by Gasteiger charge is -2.10. The summed E-state index contributed by atoms with van der Waals surface area (Å²) in [5.41, 5.74) is 2.09. The average molecular weight is 442 g/mol. The standard InChI is InChI=1S/C24H26O8/c1-29-21-9-4-17(5-10-21)6-11-23(27)31-15-20(26)16-32-24(28)12-7-18-3-8-19(14-25)22(13-18)30-2/h3-13,20,25-26H,14-16H2,1-2H3/b11-6+,12-7+. The number of carbonyl (C=O) groups is 2. The minimum Gasteiger partial charge on any atom is -0.497 e. The van der Waals surface area contributed by atoms with Gasteiger partial charge in [-0.25, -0.2) is 9.59 Å². The van der Waals surface area contributed by atoms with Crippen LogP contribution in [0.3, 0.4) is 0 Å². The van der Waals surface area contributed by atoms with E-state index in [0.717, 1.165) is 5.56 Å². The second kappa shape index (κ2) is 12.9. The summed E-state index contributed by atoms with van der Waals surface area (Å²) in [7, 11) is 3.05. The Kier molecular flexibility index (Phi) is 9.96. The number of aliphatic hydroxyl groups excluding tert-OH is 2. The maximum Gasteiger partial charge on any atom is 0.330 e. The van der Waals surface area contributed by atoms with Crippen LogP contribution in [0.2, 0.25) is 0 Å². The molecule has 0 aromatic heterocycles. The lowest BCUT2D eigenvalue weighted by molar-refractivity contribution is -0.146. The molecule has 0 aliphatic carbocycles. The first-order valence-corrected chi connectivity index (χ1v) is 9.74. The van der Waals surface area contributed by atoms with Gasteiger partial charge in [-0.05, 0) is 41.5 Å². The van der Waals surface area contributed by atoms with Gasteiger partial charge in [0.1, 0.15) is 30.8 Å². The van der Waals surface area contributed by atoms with Crippen molar-refractivity contribution in [3.05, 3.63) is 71.3 Å². The lowest BCUT2D eigenvalue weighted by atomic mass is 10.1. The zero-order valence-electron chi connectivity index (χ0n) is 17.9. The zero-order valence-corrected chi connectivity index (χ0v) is 17.9. The van der Waals surface area contributed by atoms with Crippen molar-refractivity contribution in [3.63, 3.8) is 0 Å². The van der Waals surface area contributed by atoms with Gasteiger partial charge >= 0.3 is 11.9 Å². The molecule has 0 bridgehead atoms. The number of hydrogen-bond acceptors (Lipinski definition) is 8. The predicted octanol–water partition coefficient (Wildman–Crippen LogP) is 2.37.